The lowest BCUT2D eigenvalue weighted by Crippen LogP contribution is -2.58. The molecule has 1 spiro atoms. The number of hydrogen-bond acceptors (Lipinski definition) is 6. The fraction of sp³-hybridized carbons (Fsp3) is 0.606. The predicted molar refractivity (Wildman–Crippen MR) is 170 cm³/mol. The fourth-order valence-corrected chi connectivity index (χ4v) is 9.77. The van der Waals surface area contributed by atoms with E-state index in [1.165, 1.54) is 0 Å². The van der Waals surface area contributed by atoms with Gasteiger partial charge in [0.2, 0.25) is 11.8 Å². The highest BCUT2D eigenvalue weighted by atomic mass is 32.2. The molecular weight excluding hydrogens is 548 g/mol. The van der Waals surface area contributed by atoms with Crippen LogP contribution in [0, 0.1) is 17.8 Å². The molecule has 228 valence electrons. The van der Waals surface area contributed by atoms with Crippen molar-refractivity contribution in [2.75, 3.05) is 49.1 Å². The Labute approximate surface area is 254 Å². The summed E-state index contributed by atoms with van der Waals surface area (Å²) < 4.78 is -1.57. The molecule has 3 amide bonds. The lowest BCUT2D eigenvalue weighted by atomic mass is 9.74. The van der Waals surface area contributed by atoms with E-state index in [0.717, 1.165) is 30.9 Å². The quantitative estimate of drug-likeness (QED) is 0.436. The number of fused-ring (bicyclic) bond motifs is 2. The van der Waals surface area contributed by atoms with Gasteiger partial charge in [-0.3, -0.25) is 14.4 Å². The van der Waals surface area contributed by atoms with E-state index in [2.05, 4.69) is 31.7 Å². The van der Waals surface area contributed by atoms with Crippen molar-refractivity contribution in [1.29, 1.82) is 0 Å². The molecule has 1 aromatic carbocycles. The van der Waals surface area contributed by atoms with Crippen LogP contribution in [-0.4, -0.2) is 93.5 Å². The van der Waals surface area contributed by atoms with Crippen molar-refractivity contribution in [3.05, 3.63) is 48.6 Å². The Kier molecular flexibility index (Phi) is 8.56. The van der Waals surface area contributed by atoms with E-state index >= 15 is 0 Å². The molecule has 5 rings (SSSR count). The Morgan fingerprint density at radius 2 is 1.62 bits per heavy atom. The molecule has 8 nitrogen and oxygen atoms in total. The highest BCUT2D eigenvalue weighted by Crippen LogP contribution is 2.66. The van der Waals surface area contributed by atoms with Gasteiger partial charge in [0.25, 0.3) is 5.91 Å². The number of anilines is 2. The minimum atomic E-state index is -0.930. The van der Waals surface area contributed by atoms with E-state index in [1.807, 2.05) is 68.2 Å². The lowest BCUT2D eigenvalue weighted by molar-refractivity contribution is -0.146. The zero-order valence-corrected chi connectivity index (χ0v) is 26.6. The van der Waals surface area contributed by atoms with Crippen LogP contribution in [0.1, 0.15) is 48.0 Å². The Morgan fingerprint density at radius 3 is 2.21 bits per heavy atom. The number of nitrogens with zero attached hydrogens (tertiary/aromatic N) is 4. The van der Waals surface area contributed by atoms with Gasteiger partial charge in [-0.05, 0) is 57.4 Å². The molecule has 1 unspecified atom stereocenters. The molecule has 9 heteroatoms. The lowest BCUT2D eigenvalue weighted by Gasteiger charge is -2.41. The van der Waals surface area contributed by atoms with Crippen LogP contribution in [0.25, 0.3) is 0 Å². The first-order valence-corrected chi connectivity index (χ1v) is 16.3. The van der Waals surface area contributed by atoms with Crippen LogP contribution in [0.2, 0.25) is 0 Å². The van der Waals surface area contributed by atoms with Gasteiger partial charge in [-0.2, -0.15) is 0 Å². The third-order valence-electron chi connectivity index (χ3n) is 9.68. The second-order valence-electron chi connectivity index (χ2n) is 12.5. The molecule has 2 saturated heterocycles. The third-order valence-corrected chi connectivity index (χ3v) is 11.5. The minimum absolute atomic E-state index is 0.0216. The van der Waals surface area contributed by atoms with Crippen molar-refractivity contribution < 1.29 is 19.5 Å². The Hall–Kier alpha value is -2.78. The highest BCUT2D eigenvalue weighted by molar-refractivity contribution is 8.02. The number of aliphatic hydroxyl groups excluding tert-OH is 1. The van der Waals surface area contributed by atoms with Crippen LogP contribution in [0.3, 0.4) is 0 Å². The number of amides is 3. The van der Waals surface area contributed by atoms with Gasteiger partial charge in [0.05, 0.1) is 29.2 Å². The SMILES string of the molecule is CCCN1CC=C[C@]2(C)S[C@]34C=CCN(c5ccc(N(CC)CC)cc5)C(=O)C3N([C@@H](CO)C(C)C)C(=O)[C@@H]4[C@@H]2C1=O. The predicted octanol–water partition coefficient (Wildman–Crippen LogP) is 3.95. The molecular formula is C33H46N4O4S. The number of carbonyl (C=O) groups is 3. The maximum atomic E-state index is 14.8. The van der Waals surface area contributed by atoms with Gasteiger partial charge in [0.15, 0.2) is 0 Å². The topological polar surface area (TPSA) is 84.4 Å². The Bertz CT molecular complexity index is 1260. The molecule has 4 aliphatic heterocycles. The van der Waals surface area contributed by atoms with Gasteiger partial charge >= 0.3 is 0 Å². The second kappa shape index (κ2) is 11.7. The van der Waals surface area contributed by atoms with Crippen molar-refractivity contribution in [2.45, 2.75) is 69.5 Å². The normalized spacial score (nSPS) is 31.3. The number of benzene rings is 1. The van der Waals surface area contributed by atoms with E-state index in [0.29, 0.717) is 19.6 Å². The molecule has 0 radical (unpaired) electrons. The third kappa shape index (κ3) is 4.67. The standard InChI is InChI=1S/C33H46N4O4S/c1-7-18-35-19-10-16-32(6)26(29(35)39)27-30(40)37(25(21-38)22(4)5)28-31(41)36(20-11-17-33(27,28)42-32)24-14-12-23(13-15-24)34(8-2)9-3/h10-17,22,25-28,38H,7-9,18-21H2,1-6H3/t25-,26+,27-,28?,32-,33-/m0/s1. The Balaban J connectivity index is 1.62. The maximum absolute atomic E-state index is 14.8. The summed E-state index contributed by atoms with van der Waals surface area (Å²) in [5.74, 6) is -1.77. The number of aliphatic hydroxyl groups is 1. The first-order valence-electron chi connectivity index (χ1n) is 15.5. The van der Waals surface area contributed by atoms with E-state index in [4.69, 9.17) is 0 Å². The summed E-state index contributed by atoms with van der Waals surface area (Å²) in [7, 11) is 0. The van der Waals surface area contributed by atoms with Crippen LogP contribution in [0.15, 0.2) is 48.6 Å². The highest BCUT2D eigenvalue weighted by Gasteiger charge is 2.74. The number of thioether (sulfide) groups is 1. The number of likely N-dealkylation sites (tertiary alicyclic amines) is 1. The molecule has 1 aromatic rings. The summed E-state index contributed by atoms with van der Waals surface area (Å²) in [5.41, 5.74) is 1.87. The molecule has 1 N–H and O–H groups in total. The van der Waals surface area contributed by atoms with Crippen molar-refractivity contribution in [3.8, 4) is 0 Å². The van der Waals surface area contributed by atoms with E-state index in [-0.39, 0.29) is 30.2 Å². The monoisotopic (exact) mass is 594 g/mol. The summed E-state index contributed by atoms with van der Waals surface area (Å²) in [6.45, 7) is 15.3. The van der Waals surface area contributed by atoms with Crippen LogP contribution in [-0.2, 0) is 14.4 Å². The van der Waals surface area contributed by atoms with Crippen molar-refractivity contribution >= 4 is 40.9 Å². The molecule has 0 saturated carbocycles. The molecule has 4 aliphatic rings. The molecule has 6 atom stereocenters. The average Bonchev–Trinajstić information content (AvgIpc) is 3.23. The summed E-state index contributed by atoms with van der Waals surface area (Å²) in [6.07, 6.45) is 9.02. The molecule has 2 fully saturated rings. The van der Waals surface area contributed by atoms with Crippen LogP contribution < -0.4 is 9.80 Å². The van der Waals surface area contributed by atoms with Crippen molar-refractivity contribution in [2.24, 2.45) is 17.8 Å². The summed E-state index contributed by atoms with van der Waals surface area (Å²) in [6, 6.07) is 6.65. The van der Waals surface area contributed by atoms with E-state index in [9.17, 15) is 19.5 Å². The van der Waals surface area contributed by atoms with E-state index in [1.54, 1.807) is 21.6 Å². The number of rotatable bonds is 9. The fourth-order valence-electron chi connectivity index (χ4n) is 7.62. The number of carbonyl (C=O) groups excluding carboxylic acids is 3. The average molecular weight is 595 g/mol. The maximum Gasteiger partial charge on any atom is 0.251 e. The summed E-state index contributed by atoms with van der Waals surface area (Å²) >= 11 is 1.59. The largest absolute Gasteiger partial charge is 0.394 e. The molecule has 0 aliphatic carbocycles. The number of hydrogen-bond donors (Lipinski definition) is 1. The van der Waals surface area contributed by atoms with Gasteiger partial charge in [0.1, 0.15) is 6.04 Å². The first-order chi connectivity index (χ1) is 20.1. The molecule has 42 heavy (non-hydrogen) atoms. The smallest absolute Gasteiger partial charge is 0.251 e. The molecule has 0 aromatic heterocycles. The molecule has 0 bridgehead atoms. The zero-order valence-electron chi connectivity index (χ0n) is 25.8. The zero-order chi connectivity index (χ0) is 30.4. The van der Waals surface area contributed by atoms with Gasteiger partial charge in [-0.1, -0.05) is 45.1 Å². The van der Waals surface area contributed by atoms with E-state index < -0.39 is 33.4 Å². The van der Waals surface area contributed by atoms with Gasteiger partial charge in [0, 0.05) is 48.8 Å². The van der Waals surface area contributed by atoms with Crippen LogP contribution in [0.4, 0.5) is 11.4 Å². The first kappa shape index (κ1) is 30.7. The van der Waals surface area contributed by atoms with Crippen LogP contribution in [0.5, 0.6) is 0 Å². The van der Waals surface area contributed by atoms with Crippen molar-refractivity contribution in [1.82, 2.24) is 9.80 Å². The summed E-state index contributed by atoms with van der Waals surface area (Å²) in [5, 5.41) is 10.6. The van der Waals surface area contributed by atoms with Gasteiger partial charge in [-0.15, -0.1) is 11.8 Å². The Morgan fingerprint density at radius 1 is 0.952 bits per heavy atom. The van der Waals surface area contributed by atoms with Gasteiger partial charge < -0.3 is 24.7 Å². The van der Waals surface area contributed by atoms with Crippen molar-refractivity contribution in [3.63, 3.8) is 0 Å². The van der Waals surface area contributed by atoms with Gasteiger partial charge in [-0.25, -0.2) is 0 Å². The molecule has 4 heterocycles. The minimum Gasteiger partial charge on any atom is -0.394 e. The second-order valence-corrected chi connectivity index (χ2v) is 14.3. The summed E-state index contributed by atoms with van der Waals surface area (Å²) in [4.78, 5) is 51.2. The van der Waals surface area contributed by atoms with Crippen LogP contribution >= 0.6 is 11.8 Å².